The first-order valence-electron chi connectivity index (χ1n) is 8.61. The highest BCUT2D eigenvalue weighted by Gasteiger charge is 2.42. The van der Waals surface area contributed by atoms with E-state index in [4.69, 9.17) is 9.84 Å². The lowest BCUT2D eigenvalue weighted by Gasteiger charge is -2.29. The van der Waals surface area contributed by atoms with Crippen LogP contribution in [0, 0.1) is 0 Å². The van der Waals surface area contributed by atoms with E-state index in [1.54, 1.807) is 18.2 Å². The number of carboxylic acids is 1. The van der Waals surface area contributed by atoms with Crippen LogP contribution in [0.5, 0.6) is 5.75 Å². The molecule has 26 heavy (non-hydrogen) atoms. The molecule has 3 rings (SSSR count). The smallest absolute Gasteiger partial charge is 0.303 e. The monoisotopic (exact) mass is 360 g/mol. The molecule has 2 aliphatic heterocycles. The number of carbonyl (C=O) groups is 4. The summed E-state index contributed by atoms with van der Waals surface area (Å²) in [6.07, 6.45) is 1.81. The summed E-state index contributed by atoms with van der Waals surface area (Å²) in [6.45, 7) is 0.528. The van der Waals surface area contributed by atoms with Gasteiger partial charge >= 0.3 is 5.97 Å². The lowest BCUT2D eigenvalue weighted by atomic mass is 10.1. The molecule has 2 N–H and O–H groups in total. The van der Waals surface area contributed by atoms with Gasteiger partial charge < -0.3 is 15.2 Å². The predicted octanol–water partition coefficient (Wildman–Crippen LogP) is 1.19. The molecule has 138 valence electrons. The van der Waals surface area contributed by atoms with E-state index in [9.17, 15) is 19.2 Å². The van der Waals surface area contributed by atoms with Gasteiger partial charge in [-0.3, -0.25) is 24.1 Å². The Labute approximate surface area is 150 Å². The largest absolute Gasteiger partial charge is 0.493 e. The van der Waals surface area contributed by atoms with Crippen LogP contribution in [0.1, 0.15) is 52.8 Å². The number of hydrogen-bond acceptors (Lipinski definition) is 5. The van der Waals surface area contributed by atoms with Gasteiger partial charge in [-0.05, 0) is 31.4 Å². The SMILES string of the molecule is O=C(O)CCCCOc1cccc2c1C(=O)N(C1CCC(=O)NC1)C2=O. The van der Waals surface area contributed by atoms with Crippen LogP contribution in [0.2, 0.25) is 0 Å². The zero-order valence-electron chi connectivity index (χ0n) is 14.2. The average molecular weight is 360 g/mol. The maximum Gasteiger partial charge on any atom is 0.303 e. The van der Waals surface area contributed by atoms with Gasteiger partial charge in [-0.2, -0.15) is 0 Å². The third kappa shape index (κ3) is 3.54. The fourth-order valence-corrected chi connectivity index (χ4v) is 3.22. The van der Waals surface area contributed by atoms with Gasteiger partial charge in [-0.15, -0.1) is 0 Å². The van der Waals surface area contributed by atoms with E-state index in [1.165, 1.54) is 4.90 Å². The molecule has 1 saturated heterocycles. The Hall–Kier alpha value is -2.90. The van der Waals surface area contributed by atoms with Gasteiger partial charge in [0.15, 0.2) is 0 Å². The van der Waals surface area contributed by atoms with Crippen LogP contribution in [-0.4, -0.2) is 52.9 Å². The van der Waals surface area contributed by atoms with Crippen molar-refractivity contribution in [3.8, 4) is 5.75 Å². The van der Waals surface area contributed by atoms with E-state index >= 15 is 0 Å². The van der Waals surface area contributed by atoms with Crippen LogP contribution in [0.15, 0.2) is 18.2 Å². The van der Waals surface area contributed by atoms with Gasteiger partial charge in [0, 0.05) is 19.4 Å². The second-order valence-corrected chi connectivity index (χ2v) is 6.35. The minimum atomic E-state index is -0.860. The Morgan fingerprint density at radius 1 is 1.23 bits per heavy atom. The highest BCUT2D eigenvalue weighted by Crippen LogP contribution is 2.33. The topological polar surface area (TPSA) is 113 Å². The Kier molecular flexibility index (Phi) is 5.20. The number of carboxylic acid groups (broad SMARTS) is 1. The van der Waals surface area contributed by atoms with Crippen molar-refractivity contribution >= 4 is 23.7 Å². The van der Waals surface area contributed by atoms with E-state index < -0.39 is 11.9 Å². The Morgan fingerprint density at radius 2 is 2.04 bits per heavy atom. The molecule has 2 aliphatic rings. The summed E-state index contributed by atoms with van der Waals surface area (Å²) in [4.78, 5) is 48.5. The fourth-order valence-electron chi connectivity index (χ4n) is 3.22. The van der Waals surface area contributed by atoms with Crippen molar-refractivity contribution in [2.75, 3.05) is 13.2 Å². The summed E-state index contributed by atoms with van der Waals surface area (Å²) in [6, 6.07) is 4.52. The number of nitrogens with one attached hydrogen (secondary N) is 1. The van der Waals surface area contributed by atoms with E-state index in [-0.39, 0.29) is 49.4 Å². The standard InChI is InChI=1S/C18H20N2O6/c21-14-8-7-11(10-19-14)20-17(24)12-4-3-5-13(16(12)18(20)25)26-9-2-1-6-15(22)23/h3-5,11H,1-2,6-10H2,(H,19,21)(H,22,23). The highest BCUT2D eigenvalue weighted by atomic mass is 16.5. The molecule has 1 unspecified atom stereocenters. The van der Waals surface area contributed by atoms with Crippen molar-refractivity contribution in [3.63, 3.8) is 0 Å². The molecule has 0 radical (unpaired) electrons. The molecule has 1 aromatic carbocycles. The number of aliphatic carboxylic acids is 1. The molecule has 0 aromatic heterocycles. The van der Waals surface area contributed by atoms with Crippen LogP contribution < -0.4 is 10.1 Å². The molecule has 1 aromatic rings. The number of carbonyl (C=O) groups excluding carboxylic acids is 3. The minimum absolute atomic E-state index is 0.0643. The van der Waals surface area contributed by atoms with Crippen molar-refractivity contribution in [1.29, 1.82) is 0 Å². The molecular formula is C18H20N2O6. The third-order valence-corrected chi connectivity index (χ3v) is 4.56. The lowest BCUT2D eigenvalue weighted by Crippen LogP contribution is -2.50. The maximum absolute atomic E-state index is 12.8. The van der Waals surface area contributed by atoms with Crippen LogP contribution >= 0.6 is 0 Å². The molecular weight excluding hydrogens is 340 g/mol. The molecule has 0 spiro atoms. The second-order valence-electron chi connectivity index (χ2n) is 6.35. The normalized spacial score (nSPS) is 19.3. The summed E-state index contributed by atoms with van der Waals surface area (Å²) < 4.78 is 5.64. The highest BCUT2D eigenvalue weighted by molar-refractivity contribution is 6.22. The van der Waals surface area contributed by atoms with Crippen molar-refractivity contribution in [2.24, 2.45) is 0 Å². The number of nitrogens with zero attached hydrogens (tertiary/aromatic N) is 1. The Bertz CT molecular complexity index is 750. The van der Waals surface area contributed by atoms with Crippen molar-refractivity contribution in [3.05, 3.63) is 29.3 Å². The number of ether oxygens (including phenoxy) is 1. The summed E-state index contributed by atoms with van der Waals surface area (Å²) in [5.74, 6) is -1.39. The van der Waals surface area contributed by atoms with Crippen LogP contribution in [0.25, 0.3) is 0 Å². The number of amides is 3. The summed E-state index contributed by atoms with van der Waals surface area (Å²) in [7, 11) is 0. The Morgan fingerprint density at radius 3 is 2.73 bits per heavy atom. The van der Waals surface area contributed by atoms with E-state index in [2.05, 4.69) is 5.32 Å². The number of rotatable bonds is 7. The number of hydrogen-bond donors (Lipinski definition) is 2. The molecule has 1 atom stereocenters. The molecule has 0 bridgehead atoms. The number of imide groups is 1. The van der Waals surface area contributed by atoms with Gasteiger partial charge in [0.25, 0.3) is 11.8 Å². The van der Waals surface area contributed by atoms with Crippen molar-refractivity contribution in [2.45, 2.75) is 38.1 Å². The predicted molar refractivity (Wildman–Crippen MR) is 90.0 cm³/mol. The first-order valence-corrected chi connectivity index (χ1v) is 8.61. The van der Waals surface area contributed by atoms with Gasteiger partial charge in [0.1, 0.15) is 5.75 Å². The van der Waals surface area contributed by atoms with E-state index in [1.807, 2.05) is 0 Å². The fraction of sp³-hybridized carbons (Fsp3) is 0.444. The van der Waals surface area contributed by atoms with Gasteiger partial charge in [-0.25, -0.2) is 0 Å². The van der Waals surface area contributed by atoms with Crippen molar-refractivity contribution < 1.29 is 29.0 Å². The summed E-state index contributed by atoms with van der Waals surface area (Å²) in [5.41, 5.74) is 0.544. The van der Waals surface area contributed by atoms with Gasteiger partial charge in [0.2, 0.25) is 5.91 Å². The zero-order chi connectivity index (χ0) is 18.7. The lowest BCUT2D eigenvalue weighted by molar-refractivity contribution is -0.137. The molecule has 1 fully saturated rings. The van der Waals surface area contributed by atoms with Crippen LogP contribution in [0.4, 0.5) is 0 Å². The third-order valence-electron chi connectivity index (χ3n) is 4.56. The molecule has 8 nitrogen and oxygen atoms in total. The molecule has 0 saturated carbocycles. The number of fused-ring (bicyclic) bond motifs is 1. The molecule has 3 amide bonds. The zero-order valence-corrected chi connectivity index (χ0v) is 14.2. The summed E-state index contributed by atoms with van der Waals surface area (Å²) in [5, 5.41) is 11.3. The van der Waals surface area contributed by atoms with Crippen LogP contribution in [-0.2, 0) is 9.59 Å². The quantitative estimate of drug-likeness (QED) is 0.558. The second kappa shape index (κ2) is 7.55. The number of benzene rings is 1. The number of piperidine rings is 1. The maximum atomic E-state index is 12.8. The van der Waals surface area contributed by atoms with E-state index in [0.717, 1.165) is 0 Å². The van der Waals surface area contributed by atoms with Crippen LogP contribution in [0.3, 0.4) is 0 Å². The molecule has 0 aliphatic carbocycles. The van der Waals surface area contributed by atoms with Gasteiger partial charge in [-0.1, -0.05) is 6.07 Å². The number of unbranched alkanes of at least 4 members (excludes halogenated alkanes) is 1. The molecule has 2 heterocycles. The van der Waals surface area contributed by atoms with E-state index in [0.29, 0.717) is 30.6 Å². The van der Waals surface area contributed by atoms with Crippen molar-refractivity contribution in [1.82, 2.24) is 10.2 Å². The first-order chi connectivity index (χ1) is 12.5. The molecule has 8 heteroatoms. The average Bonchev–Trinajstić information content (AvgIpc) is 2.87. The van der Waals surface area contributed by atoms with Gasteiger partial charge in [0.05, 0.1) is 23.8 Å². The Balaban J connectivity index is 1.70. The summed E-state index contributed by atoms with van der Waals surface area (Å²) >= 11 is 0. The first kappa shape index (κ1) is 17.9. The minimum Gasteiger partial charge on any atom is -0.493 e.